The lowest BCUT2D eigenvalue weighted by molar-refractivity contribution is -0.137. The van der Waals surface area contributed by atoms with Crippen LogP contribution >= 0.6 is 11.6 Å². The van der Waals surface area contributed by atoms with Crippen molar-refractivity contribution in [3.63, 3.8) is 0 Å². The molecule has 22 heavy (non-hydrogen) atoms. The number of primary amides is 1. The maximum atomic E-state index is 12.7. The first kappa shape index (κ1) is 16.4. The largest absolute Gasteiger partial charge is 0.416 e. The van der Waals surface area contributed by atoms with Gasteiger partial charge in [0.2, 0.25) is 0 Å². The minimum Gasteiger partial charge on any atom is -0.351 e. The Morgan fingerprint density at radius 1 is 1.32 bits per heavy atom. The highest BCUT2D eigenvalue weighted by Gasteiger charge is 2.32. The van der Waals surface area contributed by atoms with E-state index in [4.69, 9.17) is 17.3 Å². The molecule has 0 saturated carbocycles. The third-order valence-electron chi connectivity index (χ3n) is 3.32. The number of amides is 3. The lowest BCUT2D eigenvalue weighted by atomic mass is 10.1. The maximum Gasteiger partial charge on any atom is 0.416 e. The van der Waals surface area contributed by atoms with Crippen LogP contribution in [0.4, 0.5) is 18.0 Å². The first-order valence-corrected chi connectivity index (χ1v) is 6.77. The van der Waals surface area contributed by atoms with E-state index in [0.717, 1.165) is 18.2 Å². The van der Waals surface area contributed by atoms with Gasteiger partial charge >= 0.3 is 12.2 Å². The lowest BCUT2D eigenvalue weighted by Crippen LogP contribution is -2.40. The van der Waals surface area contributed by atoms with Gasteiger partial charge < -0.3 is 16.0 Å². The highest BCUT2D eigenvalue weighted by atomic mass is 35.5. The molecule has 5 nitrogen and oxygen atoms in total. The van der Waals surface area contributed by atoms with E-state index in [1.165, 1.54) is 4.90 Å². The number of alkyl halides is 3. The average Bonchev–Trinajstić information content (AvgIpc) is 2.85. The molecule has 3 amide bonds. The minimum atomic E-state index is -4.59. The third kappa shape index (κ3) is 3.82. The second-order valence-electron chi connectivity index (χ2n) is 4.97. The van der Waals surface area contributed by atoms with Crippen LogP contribution in [0.15, 0.2) is 18.2 Å². The van der Waals surface area contributed by atoms with Crippen molar-refractivity contribution in [1.29, 1.82) is 0 Å². The monoisotopic (exact) mass is 335 g/mol. The summed E-state index contributed by atoms with van der Waals surface area (Å²) in [6.45, 7) is 0.622. The van der Waals surface area contributed by atoms with Crippen molar-refractivity contribution in [2.75, 3.05) is 13.1 Å². The minimum absolute atomic E-state index is 0.176. The summed E-state index contributed by atoms with van der Waals surface area (Å²) < 4.78 is 38.1. The smallest absolute Gasteiger partial charge is 0.351 e. The molecule has 1 fully saturated rings. The van der Waals surface area contributed by atoms with E-state index in [9.17, 15) is 22.8 Å². The predicted octanol–water partition coefficient (Wildman–Crippen LogP) is 2.24. The van der Waals surface area contributed by atoms with Gasteiger partial charge in [-0.05, 0) is 24.6 Å². The number of hydrogen-bond acceptors (Lipinski definition) is 2. The fourth-order valence-electron chi connectivity index (χ4n) is 2.23. The van der Waals surface area contributed by atoms with E-state index in [0.29, 0.717) is 13.0 Å². The average molecular weight is 336 g/mol. The van der Waals surface area contributed by atoms with Gasteiger partial charge in [-0.1, -0.05) is 11.6 Å². The Bertz CT molecular complexity index is 607. The molecule has 0 aliphatic carbocycles. The first-order chi connectivity index (χ1) is 10.2. The molecule has 1 atom stereocenters. The van der Waals surface area contributed by atoms with Crippen molar-refractivity contribution in [3.05, 3.63) is 34.3 Å². The second-order valence-corrected chi connectivity index (χ2v) is 5.41. The summed E-state index contributed by atoms with van der Waals surface area (Å²) in [5.74, 6) is -0.677. The number of hydrogen-bond donors (Lipinski definition) is 2. The summed E-state index contributed by atoms with van der Waals surface area (Å²) in [7, 11) is 0. The number of nitrogens with one attached hydrogen (secondary N) is 1. The molecule has 0 bridgehead atoms. The summed E-state index contributed by atoms with van der Waals surface area (Å²) in [6, 6.07) is 1.70. The van der Waals surface area contributed by atoms with Crippen molar-refractivity contribution in [3.8, 4) is 0 Å². The first-order valence-electron chi connectivity index (χ1n) is 6.40. The molecule has 1 aliphatic heterocycles. The van der Waals surface area contributed by atoms with Crippen LogP contribution in [0.1, 0.15) is 22.3 Å². The summed E-state index contributed by atoms with van der Waals surface area (Å²) in [4.78, 5) is 24.4. The van der Waals surface area contributed by atoms with Gasteiger partial charge in [-0.25, -0.2) is 4.79 Å². The van der Waals surface area contributed by atoms with Gasteiger partial charge in [0.1, 0.15) is 0 Å². The summed E-state index contributed by atoms with van der Waals surface area (Å²) in [5, 5.41) is 2.40. The molecular formula is C13H13ClF3N3O2. The molecule has 0 aromatic heterocycles. The van der Waals surface area contributed by atoms with E-state index in [-0.39, 0.29) is 23.2 Å². The Morgan fingerprint density at radius 3 is 2.55 bits per heavy atom. The fraction of sp³-hybridized carbons (Fsp3) is 0.385. The van der Waals surface area contributed by atoms with Crippen LogP contribution in [0, 0.1) is 0 Å². The van der Waals surface area contributed by atoms with Crippen LogP contribution in [-0.4, -0.2) is 36.0 Å². The standard InChI is InChI=1S/C13H13ClF3N3O2/c14-9-4-7(3-8(5-9)13(15,16)17)11(21)19-10-1-2-20(6-10)12(18)22/h3-5,10H,1-2,6H2,(H2,18,22)(H,19,21)/t10-/m1/s1. The molecule has 1 heterocycles. The zero-order chi connectivity index (χ0) is 16.5. The Hall–Kier alpha value is -1.96. The third-order valence-corrected chi connectivity index (χ3v) is 3.54. The maximum absolute atomic E-state index is 12.7. The van der Waals surface area contributed by atoms with E-state index in [1.807, 2.05) is 0 Å². The van der Waals surface area contributed by atoms with E-state index in [2.05, 4.69) is 5.32 Å². The van der Waals surface area contributed by atoms with Crippen molar-refractivity contribution in [1.82, 2.24) is 10.2 Å². The molecule has 120 valence electrons. The quantitative estimate of drug-likeness (QED) is 0.869. The van der Waals surface area contributed by atoms with E-state index in [1.54, 1.807) is 0 Å². The number of carbonyl (C=O) groups excluding carboxylic acids is 2. The summed E-state index contributed by atoms with van der Waals surface area (Å²) in [5.41, 5.74) is 3.95. The van der Waals surface area contributed by atoms with Crippen LogP contribution < -0.4 is 11.1 Å². The highest BCUT2D eigenvalue weighted by Crippen LogP contribution is 2.31. The number of urea groups is 1. The van der Waals surface area contributed by atoms with Gasteiger partial charge in [0.15, 0.2) is 0 Å². The predicted molar refractivity (Wildman–Crippen MR) is 73.5 cm³/mol. The van der Waals surface area contributed by atoms with Crippen molar-refractivity contribution in [2.24, 2.45) is 5.73 Å². The van der Waals surface area contributed by atoms with E-state index >= 15 is 0 Å². The SMILES string of the molecule is NC(=O)N1CC[C@@H](NC(=O)c2cc(Cl)cc(C(F)(F)F)c2)C1. The summed E-state index contributed by atoms with van der Waals surface area (Å²) in [6.07, 6.45) is -4.10. The molecule has 1 saturated heterocycles. The van der Waals surface area contributed by atoms with Crippen LogP contribution in [-0.2, 0) is 6.18 Å². The van der Waals surface area contributed by atoms with Crippen LogP contribution in [0.3, 0.4) is 0 Å². The molecule has 1 aliphatic rings. The second kappa shape index (κ2) is 6.04. The number of halogens is 4. The van der Waals surface area contributed by atoms with E-state index < -0.39 is 23.7 Å². The summed E-state index contributed by atoms with van der Waals surface area (Å²) >= 11 is 5.63. The number of nitrogens with zero attached hydrogens (tertiary/aromatic N) is 1. The normalized spacial score (nSPS) is 18.4. The Kier molecular flexibility index (Phi) is 4.50. The molecule has 2 rings (SSSR count). The number of likely N-dealkylation sites (tertiary alicyclic amines) is 1. The van der Waals surface area contributed by atoms with Gasteiger partial charge in [-0.2, -0.15) is 13.2 Å². The number of carbonyl (C=O) groups is 2. The van der Waals surface area contributed by atoms with Crippen LogP contribution in [0.2, 0.25) is 5.02 Å². The molecule has 3 N–H and O–H groups in total. The number of nitrogens with two attached hydrogens (primary N) is 1. The highest BCUT2D eigenvalue weighted by molar-refractivity contribution is 6.31. The Morgan fingerprint density at radius 2 is 2.00 bits per heavy atom. The zero-order valence-electron chi connectivity index (χ0n) is 11.3. The zero-order valence-corrected chi connectivity index (χ0v) is 12.0. The number of rotatable bonds is 2. The lowest BCUT2D eigenvalue weighted by Gasteiger charge is -2.15. The molecule has 0 radical (unpaired) electrons. The topological polar surface area (TPSA) is 75.4 Å². The van der Waals surface area contributed by atoms with Crippen molar-refractivity contribution < 1.29 is 22.8 Å². The van der Waals surface area contributed by atoms with Gasteiger partial charge in [-0.3, -0.25) is 4.79 Å². The molecular weight excluding hydrogens is 323 g/mol. The Labute approximate surface area is 129 Å². The van der Waals surface area contributed by atoms with Crippen LogP contribution in [0.5, 0.6) is 0 Å². The Balaban J connectivity index is 2.10. The van der Waals surface area contributed by atoms with Gasteiger partial charge in [-0.15, -0.1) is 0 Å². The molecule has 1 aromatic carbocycles. The molecule has 1 aromatic rings. The molecule has 9 heteroatoms. The van der Waals surface area contributed by atoms with Crippen LogP contribution in [0.25, 0.3) is 0 Å². The van der Waals surface area contributed by atoms with Gasteiger partial charge in [0.25, 0.3) is 5.91 Å². The fourth-order valence-corrected chi connectivity index (χ4v) is 2.47. The van der Waals surface area contributed by atoms with Crippen molar-refractivity contribution >= 4 is 23.5 Å². The molecule has 0 spiro atoms. The number of benzene rings is 1. The van der Waals surface area contributed by atoms with Gasteiger partial charge in [0, 0.05) is 29.7 Å². The molecule has 0 unspecified atom stereocenters. The van der Waals surface area contributed by atoms with Crippen molar-refractivity contribution in [2.45, 2.75) is 18.6 Å². The van der Waals surface area contributed by atoms with Gasteiger partial charge in [0.05, 0.1) is 5.56 Å².